The smallest absolute Gasteiger partial charge is 0.251 e. The quantitative estimate of drug-likeness (QED) is 0.647. The van der Waals surface area contributed by atoms with Gasteiger partial charge in [0.15, 0.2) is 0 Å². The second kappa shape index (κ2) is 8.65. The van der Waals surface area contributed by atoms with Crippen LogP contribution in [0.4, 0.5) is 4.39 Å². The number of carbonyl (C=O) groups excluding carboxylic acids is 1. The zero-order valence-corrected chi connectivity index (χ0v) is 12.5. The van der Waals surface area contributed by atoms with E-state index in [1.54, 1.807) is 36.5 Å². The first kappa shape index (κ1) is 16.6. The minimum absolute atomic E-state index is 0.0844. The van der Waals surface area contributed by atoms with Crippen LogP contribution in [0.5, 0.6) is 0 Å². The molecule has 120 valence electrons. The molecule has 0 unspecified atom stereocenters. The van der Waals surface area contributed by atoms with Gasteiger partial charge in [0.05, 0.1) is 11.7 Å². The number of hydrogen-bond acceptors (Lipinski definition) is 3. The van der Waals surface area contributed by atoms with Gasteiger partial charge in [-0.2, -0.15) is 5.10 Å². The first-order valence-corrected chi connectivity index (χ1v) is 7.23. The lowest BCUT2D eigenvalue weighted by Gasteiger charge is -2.03. The Morgan fingerprint density at radius 3 is 2.65 bits per heavy atom. The van der Waals surface area contributed by atoms with Crippen LogP contribution in [0.25, 0.3) is 10.9 Å². The first-order chi connectivity index (χ1) is 11.2. The molecule has 0 radical (unpaired) electrons. The number of nitrogens with zero attached hydrogens (tertiary/aromatic N) is 1. The van der Waals surface area contributed by atoms with Crippen LogP contribution in [0, 0.1) is 5.82 Å². The van der Waals surface area contributed by atoms with Crippen molar-refractivity contribution in [2.24, 2.45) is 0 Å². The molecule has 2 aromatic carbocycles. The van der Waals surface area contributed by atoms with Crippen LogP contribution in [0.15, 0.2) is 54.7 Å². The normalized spacial score (nSPS) is 10.0. The SMILES string of the molecule is Fc1ccccc1.O=C(NCCCO)c1ccc2[nH]ncc2c1. The summed E-state index contributed by atoms with van der Waals surface area (Å²) in [6, 6.07) is 13.3. The molecule has 0 spiro atoms. The molecule has 1 heterocycles. The van der Waals surface area contributed by atoms with E-state index in [4.69, 9.17) is 5.11 Å². The Labute approximate surface area is 133 Å². The van der Waals surface area contributed by atoms with Crippen LogP contribution in [0.3, 0.4) is 0 Å². The van der Waals surface area contributed by atoms with E-state index in [2.05, 4.69) is 15.5 Å². The number of aliphatic hydroxyl groups excluding tert-OH is 1. The van der Waals surface area contributed by atoms with Gasteiger partial charge in [-0.1, -0.05) is 18.2 Å². The fourth-order valence-corrected chi connectivity index (χ4v) is 1.88. The van der Waals surface area contributed by atoms with Crippen LogP contribution in [0.2, 0.25) is 0 Å². The minimum atomic E-state index is -0.178. The standard InChI is InChI=1S/C11H13N3O2.C6H5F/c15-5-1-4-12-11(16)8-2-3-10-9(6-8)7-13-14-10;7-6-4-2-1-3-5-6/h2-3,6-7,15H,1,4-5H2,(H,12,16)(H,13,14);1-5H. The van der Waals surface area contributed by atoms with E-state index in [-0.39, 0.29) is 18.3 Å². The van der Waals surface area contributed by atoms with Crippen LogP contribution < -0.4 is 5.32 Å². The fourth-order valence-electron chi connectivity index (χ4n) is 1.88. The van der Waals surface area contributed by atoms with Gasteiger partial charge in [0.25, 0.3) is 5.91 Å². The topological polar surface area (TPSA) is 78.0 Å². The fraction of sp³-hybridized carbons (Fsp3) is 0.176. The van der Waals surface area contributed by atoms with Crippen molar-refractivity contribution in [1.29, 1.82) is 0 Å². The van der Waals surface area contributed by atoms with Gasteiger partial charge in [-0.3, -0.25) is 9.89 Å². The molecule has 0 fully saturated rings. The predicted octanol–water partition coefficient (Wildman–Crippen LogP) is 2.50. The minimum Gasteiger partial charge on any atom is -0.396 e. The van der Waals surface area contributed by atoms with E-state index in [0.717, 1.165) is 10.9 Å². The molecule has 3 rings (SSSR count). The maximum Gasteiger partial charge on any atom is 0.251 e. The number of benzene rings is 2. The van der Waals surface area contributed by atoms with Crippen LogP contribution in [-0.2, 0) is 0 Å². The van der Waals surface area contributed by atoms with Gasteiger partial charge >= 0.3 is 0 Å². The molecule has 23 heavy (non-hydrogen) atoms. The number of aliphatic hydroxyl groups is 1. The third-order valence-corrected chi connectivity index (χ3v) is 3.06. The lowest BCUT2D eigenvalue weighted by atomic mass is 10.1. The van der Waals surface area contributed by atoms with E-state index in [1.807, 2.05) is 6.07 Å². The van der Waals surface area contributed by atoms with E-state index in [1.165, 1.54) is 12.1 Å². The summed E-state index contributed by atoms with van der Waals surface area (Å²) in [5.74, 6) is -0.306. The number of amides is 1. The monoisotopic (exact) mass is 315 g/mol. The summed E-state index contributed by atoms with van der Waals surface area (Å²) in [5.41, 5.74) is 1.51. The number of fused-ring (bicyclic) bond motifs is 1. The molecule has 3 aromatic rings. The summed E-state index contributed by atoms with van der Waals surface area (Å²) in [6.07, 6.45) is 2.25. The van der Waals surface area contributed by atoms with E-state index in [9.17, 15) is 9.18 Å². The van der Waals surface area contributed by atoms with Crippen molar-refractivity contribution in [3.8, 4) is 0 Å². The van der Waals surface area contributed by atoms with Crippen LogP contribution in [0.1, 0.15) is 16.8 Å². The molecule has 0 bridgehead atoms. The third-order valence-electron chi connectivity index (χ3n) is 3.06. The Kier molecular flexibility index (Phi) is 6.26. The van der Waals surface area contributed by atoms with Crippen molar-refractivity contribution in [3.05, 3.63) is 66.1 Å². The van der Waals surface area contributed by atoms with Crippen LogP contribution in [-0.4, -0.2) is 34.4 Å². The molecule has 3 N–H and O–H groups in total. The molecule has 0 aliphatic heterocycles. The predicted molar refractivity (Wildman–Crippen MR) is 86.5 cm³/mol. The van der Waals surface area contributed by atoms with Crippen molar-refractivity contribution in [3.63, 3.8) is 0 Å². The second-order valence-corrected chi connectivity index (χ2v) is 4.80. The zero-order chi connectivity index (χ0) is 16.5. The van der Waals surface area contributed by atoms with Crippen molar-refractivity contribution < 1.29 is 14.3 Å². The largest absolute Gasteiger partial charge is 0.396 e. The lowest BCUT2D eigenvalue weighted by Crippen LogP contribution is -2.24. The van der Waals surface area contributed by atoms with Gasteiger partial charge in [-0.05, 0) is 36.8 Å². The molecule has 1 aromatic heterocycles. The Morgan fingerprint density at radius 2 is 2.00 bits per heavy atom. The molecule has 0 aliphatic carbocycles. The van der Waals surface area contributed by atoms with Crippen molar-refractivity contribution in [1.82, 2.24) is 15.5 Å². The van der Waals surface area contributed by atoms with Gasteiger partial charge in [-0.15, -0.1) is 0 Å². The maximum atomic E-state index is 11.9. The van der Waals surface area contributed by atoms with Crippen LogP contribution >= 0.6 is 0 Å². The molecular weight excluding hydrogens is 297 g/mol. The maximum absolute atomic E-state index is 11.9. The molecule has 0 saturated heterocycles. The molecule has 0 aliphatic rings. The number of H-pyrrole nitrogens is 1. The zero-order valence-electron chi connectivity index (χ0n) is 12.5. The van der Waals surface area contributed by atoms with Gasteiger partial charge in [0.2, 0.25) is 0 Å². The molecule has 0 saturated carbocycles. The van der Waals surface area contributed by atoms with Gasteiger partial charge in [0, 0.05) is 24.1 Å². The molecule has 0 atom stereocenters. The summed E-state index contributed by atoms with van der Waals surface area (Å²) in [5, 5.41) is 18.9. The van der Waals surface area contributed by atoms with E-state index in [0.29, 0.717) is 18.5 Å². The third kappa shape index (κ3) is 5.19. The second-order valence-electron chi connectivity index (χ2n) is 4.80. The average Bonchev–Trinajstić information content (AvgIpc) is 3.04. The number of rotatable bonds is 4. The summed E-state index contributed by atoms with van der Waals surface area (Å²) in [4.78, 5) is 11.7. The first-order valence-electron chi connectivity index (χ1n) is 7.23. The number of hydrogen-bond donors (Lipinski definition) is 3. The number of nitrogens with one attached hydrogen (secondary N) is 2. The Bertz CT molecular complexity index is 744. The van der Waals surface area contributed by atoms with Crippen molar-refractivity contribution in [2.75, 3.05) is 13.2 Å². The number of carbonyl (C=O) groups is 1. The van der Waals surface area contributed by atoms with Gasteiger partial charge in [0.1, 0.15) is 5.82 Å². The molecule has 6 heteroatoms. The Morgan fingerprint density at radius 1 is 1.22 bits per heavy atom. The molecule has 5 nitrogen and oxygen atoms in total. The highest BCUT2D eigenvalue weighted by Crippen LogP contribution is 2.12. The van der Waals surface area contributed by atoms with Crippen molar-refractivity contribution in [2.45, 2.75) is 6.42 Å². The number of aromatic nitrogens is 2. The summed E-state index contributed by atoms with van der Waals surface area (Å²) in [6.45, 7) is 0.569. The summed E-state index contributed by atoms with van der Waals surface area (Å²) in [7, 11) is 0. The van der Waals surface area contributed by atoms with Gasteiger partial charge in [-0.25, -0.2) is 4.39 Å². The van der Waals surface area contributed by atoms with Crippen molar-refractivity contribution >= 4 is 16.8 Å². The summed E-state index contributed by atoms with van der Waals surface area (Å²) >= 11 is 0. The lowest BCUT2D eigenvalue weighted by molar-refractivity contribution is 0.0951. The van der Waals surface area contributed by atoms with E-state index < -0.39 is 0 Å². The Balaban J connectivity index is 0.000000229. The number of halogens is 1. The highest BCUT2D eigenvalue weighted by molar-refractivity contribution is 5.97. The number of aromatic amines is 1. The molecular formula is C17H18FN3O2. The summed E-state index contributed by atoms with van der Waals surface area (Å²) < 4.78 is 11.9. The average molecular weight is 315 g/mol. The highest BCUT2D eigenvalue weighted by atomic mass is 19.1. The highest BCUT2D eigenvalue weighted by Gasteiger charge is 2.05. The Hall–Kier alpha value is -2.73. The molecule has 1 amide bonds. The van der Waals surface area contributed by atoms with E-state index >= 15 is 0 Å². The van der Waals surface area contributed by atoms with Gasteiger partial charge < -0.3 is 10.4 Å².